The lowest BCUT2D eigenvalue weighted by atomic mass is 9.81. The van der Waals surface area contributed by atoms with Gasteiger partial charge in [0.15, 0.2) is 5.65 Å². The van der Waals surface area contributed by atoms with Crippen LogP contribution in [0.15, 0.2) is 30.7 Å². The van der Waals surface area contributed by atoms with E-state index in [2.05, 4.69) is 65.2 Å². The van der Waals surface area contributed by atoms with E-state index in [0.29, 0.717) is 17.3 Å². The molecule has 1 aliphatic carbocycles. The van der Waals surface area contributed by atoms with E-state index < -0.39 is 0 Å². The molecule has 7 nitrogen and oxygen atoms in total. The lowest BCUT2D eigenvalue weighted by molar-refractivity contribution is -0.106. The number of hydrogen-bond donors (Lipinski definition) is 1. The van der Waals surface area contributed by atoms with Gasteiger partial charge in [-0.15, -0.1) is 0 Å². The third-order valence-corrected chi connectivity index (χ3v) is 9.14. The third-order valence-electron chi connectivity index (χ3n) is 9.14. The standard InChI is InChI=1S/C29H36N6O/c1-18(2)23-11-25-26(12-24(23)21-10-19(3)28-30-17-31-35(28)13-21)32-33-27(25)20-4-6-22(7-5-20)34-9-8-29(14-34)15-36-16-29/h10-13,17-18,20,22H,4-9,14-16H2,1-3H3,(H,32,33). The summed E-state index contributed by atoms with van der Waals surface area (Å²) in [5.74, 6) is 0.950. The number of rotatable bonds is 4. The van der Waals surface area contributed by atoms with Crippen molar-refractivity contribution in [3.8, 4) is 11.1 Å². The Morgan fingerprint density at radius 3 is 2.67 bits per heavy atom. The number of likely N-dealkylation sites (tertiary alicyclic amines) is 1. The number of aromatic amines is 1. The van der Waals surface area contributed by atoms with E-state index in [1.54, 1.807) is 6.33 Å². The molecule has 0 amide bonds. The van der Waals surface area contributed by atoms with Crippen LogP contribution in [0.5, 0.6) is 0 Å². The Hall–Kier alpha value is -2.77. The second-order valence-corrected chi connectivity index (χ2v) is 11.9. The Balaban J connectivity index is 1.16. The van der Waals surface area contributed by atoms with Gasteiger partial charge in [-0.3, -0.25) is 10.00 Å². The van der Waals surface area contributed by atoms with Gasteiger partial charge in [-0.1, -0.05) is 13.8 Å². The first-order valence-electron chi connectivity index (χ1n) is 13.6. The van der Waals surface area contributed by atoms with Crippen LogP contribution in [0.4, 0.5) is 0 Å². The average Bonchev–Trinajstić information content (AvgIpc) is 3.61. The van der Waals surface area contributed by atoms with Crippen LogP contribution in [-0.4, -0.2) is 62.0 Å². The van der Waals surface area contributed by atoms with E-state index in [1.165, 1.54) is 73.0 Å². The normalized spacial score (nSPS) is 24.3. The van der Waals surface area contributed by atoms with E-state index in [9.17, 15) is 0 Å². The Bertz CT molecular complexity index is 1420. The minimum Gasteiger partial charge on any atom is -0.380 e. The number of aryl methyl sites for hydroxylation is 1. The smallest absolute Gasteiger partial charge is 0.158 e. The largest absolute Gasteiger partial charge is 0.380 e. The maximum Gasteiger partial charge on any atom is 0.158 e. The van der Waals surface area contributed by atoms with Crippen molar-refractivity contribution in [1.29, 1.82) is 0 Å². The van der Waals surface area contributed by atoms with Gasteiger partial charge in [-0.2, -0.15) is 10.2 Å². The molecule has 7 heteroatoms. The van der Waals surface area contributed by atoms with E-state index in [0.717, 1.165) is 36.0 Å². The van der Waals surface area contributed by atoms with Crippen LogP contribution >= 0.6 is 0 Å². The van der Waals surface area contributed by atoms with Crippen molar-refractivity contribution in [2.45, 2.75) is 70.8 Å². The summed E-state index contributed by atoms with van der Waals surface area (Å²) >= 11 is 0. The number of fused-ring (bicyclic) bond motifs is 2. The summed E-state index contributed by atoms with van der Waals surface area (Å²) in [5.41, 5.74) is 8.72. The molecule has 0 radical (unpaired) electrons. The molecule has 3 fully saturated rings. The first-order valence-corrected chi connectivity index (χ1v) is 13.6. The molecule has 0 atom stereocenters. The molecular weight excluding hydrogens is 448 g/mol. The summed E-state index contributed by atoms with van der Waals surface area (Å²) in [4.78, 5) is 7.15. The highest BCUT2D eigenvalue weighted by Gasteiger charge is 2.46. The van der Waals surface area contributed by atoms with Crippen molar-refractivity contribution in [3.63, 3.8) is 0 Å². The fourth-order valence-corrected chi connectivity index (χ4v) is 7.00. The minimum absolute atomic E-state index is 0.410. The molecule has 1 N–H and O–H groups in total. The average molecular weight is 485 g/mol. The minimum atomic E-state index is 0.410. The van der Waals surface area contributed by atoms with Crippen LogP contribution in [0, 0.1) is 12.3 Å². The molecule has 1 spiro atoms. The molecule has 36 heavy (non-hydrogen) atoms. The summed E-state index contributed by atoms with van der Waals surface area (Å²) in [5, 5.41) is 14.0. The molecule has 1 aromatic carbocycles. The van der Waals surface area contributed by atoms with Gasteiger partial charge in [0.25, 0.3) is 0 Å². The van der Waals surface area contributed by atoms with Crippen molar-refractivity contribution in [3.05, 3.63) is 47.5 Å². The van der Waals surface area contributed by atoms with Crippen LogP contribution in [-0.2, 0) is 4.74 Å². The quantitative estimate of drug-likeness (QED) is 0.417. The van der Waals surface area contributed by atoms with Gasteiger partial charge in [0, 0.05) is 41.1 Å². The molecule has 4 aromatic rings. The topological polar surface area (TPSA) is 71.3 Å². The SMILES string of the molecule is Cc1cc(-c2cc3[nH]nc(C4CCC(N5CCC6(COC6)C5)CC4)c3cc2C(C)C)cn2ncnc12. The summed E-state index contributed by atoms with van der Waals surface area (Å²) in [7, 11) is 0. The van der Waals surface area contributed by atoms with Crippen molar-refractivity contribution in [1.82, 2.24) is 29.7 Å². The van der Waals surface area contributed by atoms with Crippen LogP contribution in [0.3, 0.4) is 0 Å². The fraction of sp³-hybridized carbons (Fsp3) is 0.552. The maximum absolute atomic E-state index is 5.54. The predicted molar refractivity (Wildman–Crippen MR) is 141 cm³/mol. The predicted octanol–water partition coefficient (Wildman–Crippen LogP) is 5.45. The lowest BCUT2D eigenvalue weighted by Gasteiger charge is -2.40. The van der Waals surface area contributed by atoms with Crippen LogP contribution in [0.1, 0.15) is 74.6 Å². The molecule has 0 bridgehead atoms. The summed E-state index contributed by atoms with van der Waals surface area (Å²) < 4.78 is 7.43. The van der Waals surface area contributed by atoms with Crippen LogP contribution in [0.25, 0.3) is 27.7 Å². The lowest BCUT2D eigenvalue weighted by Crippen LogP contribution is -2.46. The highest BCUT2D eigenvalue weighted by Crippen LogP contribution is 2.43. The first kappa shape index (κ1) is 22.4. The van der Waals surface area contributed by atoms with Crippen molar-refractivity contribution < 1.29 is 4.74 Å². The number of hydrogen-bond acceptors (Lipinski definition) is 5. The molecular formula is C29H36N6O. The van der Waals surface area contributed by atoms with Crippen molar-refractivity contribution in [2.24, 2.45) is 5.41 Å². The molecule has 7 rings (SSSR count). The highest BCUT2D eigenvalue weighted by molar-refractivity contribution is 5.89. The van der Waals surface area contributed by atoms with Gasteiger partial charge in [0.05, 0.1) is 24.4 Å². The summed E-state index contributed by atoms with van der Waals surface area (Å²) in [6.45, 7) is 11.1. The monoisotopic (exact) mass is 484 g/mol. The van der Waals surface area contributed by atoms with Crippen molar-refractivity contribution >= 4 is 16.6 Å². The Morgan fingerprint density at radius 1 is 1.11 bits per heavy atom. The van der Waals surface area contributed by atoms with Gasteiger partial charge < -0.3 is 4.74 Å². The Labute approximate surface area is 212 Å². The number of ether oxygens (including phenoxy) is 1. The molecule has 2 aliphatic heterocycles. The zero-order valence-corrected chi connectivity index (χ0v) is 21.6. The molecule has 0 unspecified atom stereocenters. The number of aromatic nitrogens is 5. The first-order chi connectivity index (χ1) is 17.5. The van der Waals surface area contributed by atoms with E-state index >= 15 is 0 Å². The zero-order chi connectivity index (χ0) is 24.4. The molecule has 5 heterocycles. The second-order valence-electron chi connectivity index (χ2n) is 11.9. The number of pyridine rings is 1. The number of benzene rings is 1. The summed E-state index contributed by atoms with van der Waals surface area (Å²) in [6.07, 6.45) is 10.1. The van der Waals surface area contributed by atoms with Crippen LogP contribution < -0.4 is 0 Å². The Morgan fingerprint density at radius 2 is 1.94 bits per heavy atom. The third kappa shape index (κ3) is 3.58. The molecule has 3 aliphatic rings. The maximum atomic E-state index is 5.54. The molecule has 2 saturated heterocycles. The second kappa shape index (κ2) is 8.38. The van der Waals surface area contributed by atoms with E-state index in [1.807, 2.05) is 4.52 Å². The molecule has 188 valence electrons. The zero-order valence-electron chi connectivity index (χ0n) is 21.6. The fourth-order valence-electron chi connectivity index (χ4n) is 7.00. The summed E-state index contributed by atoms with van der Waals surface area (Å²) in [6, 6.07) is 7.67. The van der Waals surface area contributed by atoms with Gasteiger partial charge in [-0.05, 0) is 86.4 Å². The van der Waals surface area contributed by atoms with Gasteiger partial charge >= 0.3 is 0 Å². The molecule has 1 saturated carbocycles. The number of nitrogens with one attached hydrogen (secondary N) is 1. The van der Waals surface area contributed by atoms with Crippen molar-refractivity contribution in [2.75, 3.05) is 26.3 Å². The number of H-pyrrole nitrogens is 1. The van der Waals surface area contributed by atoms with Gasteiger partial charge in [0.1, 0.15) is 6.33 Å². The van der Waals surface area contributed by atoms with Gasteiger partial charge in [-0.25, -0.2) is 9.50 Å². The van der Waals surface area contributed by atoms with Gasteiger partial charge in [0.2, 0.25) is 0 Å². The van der Waals surface area contributed by atoms with Crippen LogP contribution in [0.2, 0.25) is 0 Å². The van der Waals surface area contributed by atoms with E-state index in [4.69, 9.17) is 9.84 Å². The Kier molecular flexibility index (Phi) is 5.22. The molecule has 3 aromatic heterocycles. The number of nitrogens with zero attached hydrogens (tertiary/aromatic N) is 5. The van der Waals surface area contributed by atoms with E-state index in [-0.39, 0.29) is 0 Å². The highest BCUT2D eigenvalue weighted by atomic mass is 16.5.